The quantitative estimate of drug-likeness (QED) is 0.332. The number of ether oxygens (including phenoxy) is 1. The summed E-state index contributed by atoms with van der Waals surface area (Å²) in [5, 5.41) is 14.6. The first-order valence-corrected chi connectivity index (χ1v) is 11.4. The molecule has 1 aliphatic rings. The van der Waals surface area contributed by atoms with Crippen LogP contribution in [0, 0.1) is 9.49 Å². The first-order chi connectivity index (χ1) is 15.2. The smallest absolute Gasteiger partial charge is 0.325 e. The number of aliphatic hydroxyl groups is 1. The largest absolute Gasteiger partial charge is 0.491 e. The molecule has 4 amide bonds. The summed E-state index contributed by atoms with van der Waals surface area (Å²) in [6.45, 7) is 3.57. The van der Waals surface area contributed by atoms with Gasteiger partial charge in [0.2, 0.25) is 5.91 Å². The Bertz CT molecular complexity index is 1020. The average Bonchev–Trinajstić information content (AvgIpc) is 3.03. The third-order valence-electron chi connectivity index (χ3n) is 4.91. The Hall–Kier alpha value is -2.37. The monoisotopic (exact) mass is 571 g/mol. The number of carbonyl (C=O) groups excluding carboxylic acids is 3. The van der Waals surface area contributed by atoms with Crippen molar-refractivity contribution in [3.05, 3.63) is 56.6 Å². The fourth-order valence-corrected chi connectivity index (χ4v) is 4.32. The number of nitrogens with one attached hydrogen (secondary N) is 2. The van der Waals surface area contributed by atoms with Crippen LogP contribution in [-0.4, -0.2) is 47.1 Å². The number of amides is 4. The van der Waals surface area contributed by atoms with Crippen LogP contribution in [0.5, 0.6) is 5.75 Å². The lowest BCUT2D eigenvalue weighted by atomic mass is 10.0. The number of hydrogen-bond acceptors (Lipinski definition) is 5. The summed E-state index contributed by atoms with van der Waals surface area (Å²) in [5.41, 5.74) is 0.968. The van der Waals surface area contributed by atoms with Crippen LogP contribution in [-0.2, 0) is 9.59 Å². The van der Waals surface area contributed by atoms with Gasteiger partial charge in [0.1, 0.15) is 24.4 Å². The third kappa shape index (κ3) is 5.33. The molecule has 0 spiro atoms. The minimum atomic E-state index is -1.02. The summed E-state index contributed by atoms with van der Waals surface area (Å²) in [4.78, 5) is 39.9. The molecule has 1 saturated heterocycles. The molecular formula is C22H23ClIN3O5. The number of hydrogen-bond donors (Lipinski definition) is 3. The number of anilines is 1. The molecule has 1 heterocycles. The molecule has 1 unspecified atom stereocenters. The molecule has 0 aromatic heterocycles. The number of halogens is 2. The second-order valence-corrected chi connectivity index (χ2v) is 9.19. The Balaban J connectivity index is 1.80. The Labute approximate surface area is 204 Å². The lowest BCUT2D eigenvalue weighted by molar-refractivity contribution is -0.135. The SMILES string of the molecule is CC(C)C(C(=O)Nc1ccc(I)cc1Cl)N1C(=O)N[C@H](c2ccc(OCCO)cc2)C1=O. The predicted molar refractivity (Wildman–Crippen MR) is 129 cm³/mol. The first kappa shape index (κ1) is 24.3. The maximum atomic E-state index is 13.2. The molecule has 32 heavy (non-hydrogen) atoms. The fraction of sp³-hybridized carbons (Fsp3) is 0.318. The highest BCUT2D eigenvalue weighted by Crippen LogP contribution is 2.29. The van der Waals surface area contributed by atoms with Crippen molar-refractivity contribution in [3.63, 3.8) is 0 Å². The summed E-state index contributed by atoms with van der Waals surface area (Å²) in [7, 11) is 0. The van der Waals surface area contributed by atoms with Gasteiger partial charge in [0.05, 0.1) is 17.3 Å². The maximum absolute atomic E-state index is 13.2. The Morgan fingerprint density at radius 3 is 2.53 bits per heavy atom. The van der Waals surface area contributed by atoms with E-state index in [1.54, 1.807) is 56.3 Å². The standard InChI is InChI=1S/C22H23ClIN3O5/c1-12(2)19(20(29)25-17-8-5-14(24)11-16(17)23)27-21(30)18(26-22(27)31)13-3-6-15(7-4-13)32-10-9-28/h3-8,11-12,18-19,28H,9-10H2,1-2H3,(H,25,29)(H,26,31)/t18-,19?/m1/s1. The van der Waals surface area contributed by atoms with Gasteiger partial charge in [-0.3, -0.25) is 9.59 Å². The zero-order valence-electron chi connectivity index (χ0n) is 17.5. The fourth-order valence-electron chi connectivity index (χ4n) is 3.42. The Kier molecular flexibility index (Phi) is 7.96. The third-order valence-corrected chi connectivity index (χ3v) is 5.90. The Morgan fingerprint density at radius 1 is 1.25 bits per heavy atom. The van der Waals surface area contributed by atoms with Crippen molar-refractivity contribution in [2.24, 2.45) is 5.92 Å². The molecule has 1 aliphatic heterocycles. The van der Waals surface area contributed by atoms with Crippen molar-refractivity contribution in [2.45, 2.75) is 25.9 Å². The van der Waals surface area contributed by atoms with Crippen LogP contribution >= 0.6 is 34.2 Å². The normalized spacial score (nSPS) is 16.8. The lowest BCUT2D eigenvalue weighted by Gasteiger charge is -2.27. The van der Waals surface area contributed by atoms with E-state index in [4.69, 9.17) is 21.4 Å². The molecule has 10 heteroatoms. The highest BCUT2D eigenvalue weighted by molar-refractivity contribution is 14.1. The Morgan fingerprint density at radius 2 is 1.94 bits per heavy atom. The van der Waals surface area contributed by atoms with Crippen molar-refractivity contribution in [3.8, 4) is 5.75 Å². The molecule has 3 N–H and O–H groups in total. The van der Waals surface area contributed by atoms with Crippen LogP contribution in [0.2, 0.25) is 5.02 Å². The van der Waals surface area contributed by atoms with E-state index >= 15 is 0 Å². The van der Waals surface area contributed by atoms with Gasteiger partial charge in [-0.15, -0.1) is 0 Å². The summed E-state index contributed by atoms with van der Waals surface area (Å²) >= 11 is 8.33. The molecule has 2 aromatic rings. The van der Waals surface area contributed by atoms with Crippen molar-refractivity contribution in [2.75, 3.05) is 18.5 Å². The molecule has 170 valence electrons. The number of imide groups is 1. The summed E-state index contributed by atoms with van der Waals surface area (Å²) in [5.74, 6) is -0.813. The van der Waals surface area contributed by atoms with Gasteiger partial charge in [-0.1, -0.05) is 37.6 Å². The van der Waals surface area contributed by atoms with Crippen molar-refractivity contribution >= 4 is 57.7 Å². The van der Waals surface area contributed by atoms with Gasteiger partial charge >= 0.3 is 6.03 Å². The van der Waals surface area contributed by atoms with Crippen molar-refractivity contribution in [1.82, 2.24) is 10.2 Å². The van der Waals surface area contributed by atoms with Gasteiger partial charge < -0.3 is 20.5 Å². The first-order valence-electron chi connectivity index (χ1n) is 9.96. The molecule has 3 rings (SSSR count). The van der Waals surface area contributed by atoms with E-state index in [1.165, 1.54) is 0 Å². The van der Waals surface area contributed by atoms with Crippen molar-refractivity contribution < 1.29 is 24.2 Å². The van der Waals surface area contributed by atoms with E-state index < -0.39 is 29.9 Å². The van der Waals surface area contributed by atoms with E-state index in [9.17, 15) is 14.4 Å². The lowest BCUT2D eigenvalue weighted by Crippen LogP contribution is -2.50. The highest BCUT2D eigenvalue weighted by atomic mass is 127. The van der Waals surface area contributed by atoms with E-state index in [-0.39, 0.29) is 19.1 Å². The van der Waals surface area contributed by atoms with Gasteiger partial charge in [0.25, 0.3) is 5.91 Å². The van der Waals surface area contributed by atoms with Crippen LogP contribution < -0.4 is 15.4 Å². The van der Waals surface area contributed by atoms with E-state index in [2.05, 4.69) is 33.2 Å². The molecule has 8 nitrogen and oxygen atoms in total. The molecular weight excluding hydrogens is 549 g/mol. The minimum absolute atomic E-state index is 0.111. The number of rotatable bonds is 8. The molecule has 0 radical (unpaired) electrons. The molecule has 2 aromatic carbocycles. The van der Waals surface area contributed by atoms with E-state index in [0.717, 1.165) is 8.47 Å². The number of aliphatic hydroxyl groups excluding tert-OH is 1. The zero-order chi connectivity index (χ0) is 23.4. The molecule has 1 fully saturated rings. The summed E-state index contributed by atoms with van der Waals surface area (Å²) < 4.78 is 6.23. The summed E-state index contributed by atoms with van der Waals surface area (Å²) in [6.07, 6.45) is 0. The van der Waals surface area contributed by atoms with Crippen LogP contribution in [0.3, 0.4) is 0 Å². The van der Waals surface area contributed by atoms with Crippen LogP contribution in [0.15, 0.2) is 42.5 Å². The van der Waals surface area contributed by atoms with Crippen LogP contribution in [0.25, 0.3) is 0 Å². The van der Waals surface area contributed by atoms with Crippen molar-refractivity contribution in [1.29, 1.82) is 0 Å². The summed E-state index contributed by atoms with van der Waals surface area (Å²) in [6, 6.07) is 9.24. The van der Waals surface area contributed by atoms with Crippen LogP contribution in [0.1, 0.15) is 25.5 Å². The van der Waals surface area contributed by atoms with Crippen LogP contribution in [0.4, 0.5) is 10.5 Å². The number of nitrogens with zero attached hydrogens (tertiary/aromatic N) is 1. The average molecular weight is 572 g/mol. The maximum Gasteiger partial charge on any atom is 0.325 e. The van der Waals surface area contributed by atoms with E-state index in [1.807, 2.05) is 0 Å². The second kappa shape index (κ2) is 10.5. The minimum Gasteiger partial charge on any atom is -0.491 e. The van der Waals surface area contributed by atoms with E-state index in [0.29, 0.717) is 22.0 Å². The van der Waals surface area contributed by atoms with Gasteiger partial charge in [0, 0.05) is 3.57 Å². The van der Waals surface area contributed by atoms with Gasteiger partial charge in [-0.25, -0.2) is 9.69 Å². The highest BCUT2D eigenvalue weighted by Gasteiger charge is 2.46. The zero-order valence-corrected chi connectivity index (χ0v) is 20.4. The topological polar surface area (TPSA) is 108 Å². The number of urea groups is 1. The van der Waals surface area contributed by atoms with Gasteiger partial charge in [-0.05, 0) is 64.4 Å². The van der Waals surface area contributed by atoms with Gasteiger partial charge in [0.15, 0.2) is 0 Å². The van der Waals surface area contributed by atoms with Gasteiger partial charge in [-0.2, -0.15) is 0 Å². The molecule has 2 atom stereocenters. The second-order valence-electron chi connectivity index (χ2n) is 7.53. The predicted octanol–water partition coefficient (Wildman–Crippen LogP) is 3.57. The molecule has 0 bridgehead atoms. The molecule has 0 aliphatic carbocycles. The number of carbonyl (C=O) groups is 3. The molecule has 0 saturated carbocycles. The number of benzene rings is 2.